The second-order valence-corrected chi connectivity index (χ2v) is 9.97. The van der Waals surface area contributed by atoms with Crippen LogP contribution in [0.2, 0.25) is 0 Å². The first kappa shape index (κ1) is 28.4. The van der Waals surface area contributed by atoms with Crippen molar-refractivity contribution in [1.82, 2.24) is 25.3 Å². The molecule has 11 nitrogen and oxygen atoms in total. The molecule has 0 radical (unpaired) electrons. The standard InChI is InChI=1S/C26H39N5O6/c1-18(2)16-20-25(35)29(3)13-15-37-22-7-5-4-6-19(22)24(34)28-21(17-23(33)27-20)26(36)31-10-8-30(9-11-31)12-14-32/h4-7,18,20-21,32H,8-17H2,1-3H3,(H,27,33)(H,28,34)/t20-,21+/m1/s1. The summed E-state index contributed by atoms with van der Waals surface area (Å²) in [5.41, 5.74) is 0.247. The molecule has 0 aliphatic carbocycles. The topological polar surface area (TPSA) is 132 Å². The van der Waals surface area contributed by atoms with E-state index >= 15 is 0 Å². The number of hydrogen-bond donors (Lipinski definition) is 3. The Morgan fingerprint density at radius 3 is 2.46 bits per heavy atom. The maximum absolute atomic E-state index is 13.5. The van der Waals surface area contributed by atoms with Gasteiger partial charge in [-0.3, -0.25) is 24.1 Å². The fraction of sp³-hybridized carbons (Fsp3) is 0.615. The molecule has 3 N–H and O–H groups in total. The Labute approximate surface area is 218 Å². The number of likely N-dealkylation sites (N-methyl/N-ethyl adjacent to an activating group) is 1. The lowest BCUT2D eigenvalue weighted by atomic mass is 10.0. The number of aliphatic hydroxyl groups excluding tert-OH is 1. The van der Waals surface area contributed by atoms with Crippen molar-refractivity contribution in [2.75, 3.05) is 59.5 Å². The van der Waals surface area contributed by atoms with E-state index in [0.717, 1.165) is 0 Å². The highest BCUT2D eigenvalue weighted by Crippen LogP contribution is 2.19. The number of nitrogens with zero attached hydrogens (tertiary/aromatic N) is 3. The highest BCUT2D eigenvalue weighted by Gasteiger charge is 2.33. The van der Waals surface area contributed by atoms with E-state index < -0.39 is 23.9 Å². The van der Waals surface area contributed by atoms with Gasteiger partial charge in [-0.05, 0) is 24.5 Å². The fourth-order valence-electron chi connectivity index (χ4n) is 4.57. The molecule has 11 heteroatoms. The molecule has 0 spiro atoms. The smallest absolute Gasteiger partial charge is 0.255 e. The minimum absolute atomic E-state index is 0.0414. The molecule has 204 valence electrons. The molecule has 1 fully saturated rings. The number of amides is 4. The molecule has 2 aliphatic heterocycles. The molecular formula is C26H39N5O6. The minimum Gasteiger partial charge on any atom is -0.491 e. The largest absolute Gasteiger partial charge is 0.491 e. The van der Waals surface area contributed by atoms with Crippen LogP contribution in [-0.4, -0.2) is 115 Å². The van der Waals surface area contributed by atoms with Gasteiger partial charge in [0, 0.05) is 39.8 Å². The zero-order valence-corrected chi connectivity index (χ0v) is 21.9. The highest BCUT2D eigenvalue weighted by atomic mass is 16.5. The quantitative estimate of drug-likeness (QED) is 0.488. The molecule has 1 saturated heterocycles. The number of carbonyl (C=O) groups is 4. The summed E-state index contributed by atoms with van der Waals surface area (Å²) in [6.45, 7) is 6.97. The van der Waals surface area contributed by atoms with Crippen LogP contribution >= 0.6 is 0 Å². The lowest BCUT2D eigenvalue weighted by molar-refractivity contribution is -0.139. The van der Waals surface area contributed by atoms with Crippen LogP contribution in [0.1, 0.15) is 37.0 Å². The zero-order valence-electron chi connectivity index (χ0n) is 21.9. The van der Waals surface area contributed by atoms with Crippen molar-refractivity contribution in [3.05, 3.63) is 29.8 Å². The Hall–Kier alpha value is -3.18. The number of para-hydroxylation sites is 1. The average Bonchev–Trinajstić information content (AvgIpc) is 2.87. The number of fused-ring (bicyclic) bond motifs is 1. The highest BCUT2D eigenvalue weighted by molar-refractivity contribution is 6.01. The number of ether oxygens (including phenoxy) is 1. The number of benzene rings is 1. The van der Waals surface area contributed by atoms with Gasteiger partial charge in [-0.1, -0.05) is 26.0 Å². The van der Waals surface area contributed by atoms with Gasteiger partial charge >= 0.3 is 0 Å². The van der Waals surface area contributed by atoms with Crippen LogP contribution in [0.25, 0.3) is 0 Å². The average molecular weight is 518 g/mol. The number of rotatable bonds is 5. The summed E-state index contributed by atoms with van der Waals surface area (Å²) in [6, 6.07) is 4.83. The van der Waals surface area contributed by atoms with E-state index in [0.29, 0.717) is 44.9 Å². The Morgan fingerprint density at radius 2 is 1.78 bits per heavy atom. The number of piperazine rings is 1. The summed E-state index contributed by atoms with van der Waals surface area (Å²) in [7, 11) is 1.65. The lowest BCUT2D eigenvalue weighted by Gasteiger charge is -2.36. The predicted octanol–water partition coefficient (Wildman–Crippen LogP) is -0.307. The predicted molar refractivity (Wildman–Crippen MR) is 137 cm³/mol. The van der Waals surface area contributed by atoms with Gasteiger partial charge in [-0.2, -0.15) is 0 Å². The maximum Gasteiger partial charge on any atom is 0.255 e. The minimum atomic E-state index is -1.11. The Morgan fingerprint density at radius 1 is 1.08 bits per heavy atom. The van der Waals surface area contributed by atoms with Gasteiger partial charge in [0.25, 0.3) is 5.91 Å². The Balaban J connectivity index is 1.87. The number of β-amino-alcohol motifs (C(OH)–C–C–N with tert-alkyl or cyclic N) is 1. The van der Waals surface area contributed by atoms with E-state index in [4.69, 9.17) is 4.74 Å². The van der Waals surface area contributed by atoms with Gasteiger partial charge in [-0.15, -0.1) is 0 Å². The zero-order chi connectivity index (χ0) is 26.9. The van der Waals surface area contributed by atoms with E-state index in [2.05, 4.69) is 15.5 Å². The second kappa shape index (κ2) is 13.4. The summed E-state index contributed by atoms with van der Waals surface area (Å²) in [6.07, 6.45) is 0.145. The van der Waals surface area contributed by atoms with Crippen molar-refractivity contribution < 1.29 is 29.0 Å². The third-order valence-electron chi connectivity index (χ3n) is 6.63. The molecule has 0 unspecified atom stereocenters. The van der Waals surface area contributed by atoms with E-state index in [9.17, 15) is 24.3 Å². The van der Waals surface area contributed by atoms with Gasteiger partial charge in [0.15, 0.2) is 0 Å². The third kappa shape index (κ3) is 7.90. The first-order valence-electron chi connectivity index (χ1n) is 12.9. The van der Waals surface area contributed by atoms with Crippen molar-refractivity contribution in [2.24, 2.45) is 5.92 Å². The third-order valence-corrected chi connectivity index (χ3v) is 6.63. The Kier molecular flexibility index (Phi) is 10.3. The van der Waals surface area contributed by atoms with E-state index in [1.807, 2.05) is 13.8 Å². The molecule has 1 aromatic carbocycles. The summed E-state index contributed by atoms with van der Waals surface area (Å²) in [5.74, 6) is -1.10. The molecule has 2 atom stereocenters. The fourth-order valence-corrected chi connectivity index (χ4v) is 4.57. The van der Waals surface area contributed by atoms with E-state index in [-0.39, 0.29) is 49.5 Å². The van der Waals surface area contributed by atoms with Crippen LogP contribution in [0.4, 0.5) is 0 Å². The molecule has 4 amide bonds. The van der Waals surface area contributed by atoms with Crippen molar-refractivity contribution >= 4 is 23.6 Å². The van der Waals surface area contributed by atoms with Crippen LogP contribution in [-0.2, 0) is 14.4 Å². The van der Waals surface area contributed by atoms with Crippen LogP contribution < -0.4 is 15.4 Å². The Bertz CT molecular complexity index is 963. The number of hydrogen-bond acceptors (Lipinski definition) is 7. The second-order valence-electron chi connectivity index (χ2n) is 9.97. The molecule has 0 aromatic heterocycles. The molecular weight excluding hydrogens is 478 g/mol. The van der Waals surface area contributed by atoms with Crippen LogP contribution in [0, 0.1) is 5.92 Å². The van der Waals surface area contributed by atoms with Gasteiger partial charge in [-0.25, -0.2) is 0 Å². The molecule has 37 heavy (non-hydrogen) atoms. The molecule has 0 bridgehead atoms. The molecule has 1 aromatic rings. The van der Waals surface area contributed by atoms with Crippen molar-refractivity contribution in [2.45, 2.75) is 38.8 Å². The summed E-state index contributed by atoms with van der Waals surface area (Å²) in [4.78, 5) is 58.2. The van der Waals surface area contributed by atoms with Gasteiger partial charge < -0.3 is 30.3 Å². The number of nitrogens with one attached hydrogen (secondary N) is 2. The van der Waals surface area contributed by atoms with Crippen LogP contribution in [0.5, 0.6) is 5.75 Å². The first-order chi connectivity index (χ1) is 17.7. The van der Waals surface area contributed by atoms with Gasteiger partial charge in [0.1, 0.15) is 24.4 Å². The summed E-state index contributed by atoms with van der Waals surface area (Å²) >= 11 is 0. The number of carbonyl (C=O) groups excluding carboxylic acids is 4. The normalized spacial score (nSPS) is 22.6. The van der Waals surface area contributed by atoms with Crippen LogP contribution in [0.15, 0.2) is 24.3 Å². The molecule has 3 rings (SSSR count). The van der Waals surface area contributed by atoms with E-state index in [1.54, 1.807) is 36.2 Å². The summed E-state index contributed by atoms with van der Waals surface area (Å²) < 4.78 is 5.84. The molecule has 2 heterocycles. The van der Waals surface area contributed by atoms with E-state index in [1.165, 1.54) is 4.90 Å². The lowest BCUT2D eigenvalue weighted by Crippen LogP contribution is -2.57. The first-order valence-corrected chi connectivity index (χ1v) is 12.9. The van der Waals surface area contributed by atoms with Crippen molar-refractivity contribution in [3.63, 3.8) is 0 Å². The van der Waals surface area contributed by atoms with Crippen molar-refractivity contribution in [3.8, 4) is 5.75 Å². The number of aliphatic hydroxyl groups is 1. The summed E-state index contributed by atoms with van der Waals surface area (Å²) in [5, 5.41) is 14.7. The monoisotopic (exact) mass is 517 g/mol. The molecule has 0 saturated carbocycles. The van der Waals surface area contributed by atoms with Gasteiger partial charge in [0.2, 0.25) is 17.7 Å². The SMILES string of the molecule is CC(C)C[C@H]1NC(=O)C[C@@H](C(=O)N2CCN(CCO)CC2)NC(=O)c2ccccc2OCCN(C)C1=O. The van der Waals surface area contributed by atoms with Crippen molar-refractivity contribution in [1.29, 1.82) is 0 Å². The maximum atomic E-state index is 13.5. The molecule has 2 aliphatic rings. The van der Waals surface area contributed by atoms with Gasteiger partial charge in [0.05, 0.1) is 25.1 Å². The van der Waals surface area contributed by atoms with Crippen LogP contribution in [0.3, 0.4) is 0 Å².